The largest absolute Gasteiger partial charge is 0.491 e. The van der Waals surface area contributed by atoms with E-state index in [9.17, 15) is 0 Å². The molecule has 0 radical (unpaired) electrons. The number of anilines is 1. The summed E-state index contributed by atoms with van der Waals surface area (Å²) in [5.74, 6) is 2.38. The van der Waals surface area contributed by atoms with Crippen molar-refractivity contribution in [3.8, 4) is 11.5 Å². The molecule has 158 valence electrons. The van der Waals surface area contributed by atoms with Crippen LogP contribution in [-0.4, -0.2) is 19.8 Å². The minimum absolute atomic E-state index is 0.499. The second-order valence-corrected chi connectivity index (χ2v) is 7.56. The van der Waals surface area contributed by atoms with E-state index in [1.807, 2.05) is 24.3 Å². The number of ether oxygens (including phenoxy) is 2. The van der Waals surface area contributed by atoms with Crippen molar-refractivity contribution < 1.29 is 9.47 Å². The molecule has 0 aliphatic heterocycles. The van der Waals surface area contributed by atoms with Crippen molar-refractivity contribution in [1.82, 2.24) is 0 Å². The van der Waals surface area contributed by atoms with Crippen LogP contribution in [-0.2, 0) is 6.42 Å². The number of hydrogen-bond acceptors (Lipinski definition) is 3. The molecule has 1 atom stereocenters. The molecular weight excluding hydrogens is 370 g/mol. The maximum absolute atomic E-state index is 6.07. The van der Waals surface area contributed by atoms with E-state index in [0.29, 0.717) is 19.1 Å². The van der Waals surface area contributed by atoms with Crippen LogP contribution in [0.5, 0.6) is 11.5 Å². The van der Waals surface area contributed by atoms with Gasteiger partial charge in [-0.2, -0.15) is 0 Å². The van der Waals surface area contributed by atoms with Crippen LogP contribution in [0, 0.1) is 0 Å². The number of aryl methyl sites for hydroxylation is 1. The Hall–Kier alpha value is -2.94. The van der Waals surface area contributed by atoms with Crippen molar-refractivity contribution in [2.45, 2.75) is 39.0 Å². The molecule has 0 aliphatic rings. The highest BCUT2D eigenvalue weighted by Gasteiger charge is 2.09. The second kappa shape index (κ2) is 11.9. The van der Waals surface area contributed by atoms with Crippen molar-refractivity contribution in [3.63, 3.8) is 0 Å². The molecule has 0 aliphatic carbocycles. The zero-order chi connectivity index (χ0) is 21.0. The Bertz CT molecular complexity index is 879. The molecule has 30 heavy (non-hydrogen) atoms. The molecule has 0 amide bonds. The standard InChI is InChI=1S/C27H33NO2/c1-3-22(2)24-15-7-9-17-26(24)30-21-19-28-25-16-8-10-18-27(25)29-20-11-14-23-12-5-4-6-13-23/h4-10,12-13,15-18,22,28H,3,11,14,19-21H2,1-2H3. The van der Waals surface area contributed by atoms with Crippen molar-refractivity contribution in [1.29, 1.82) is 0 Å². The third kappa shape index (κ3) is 6.55. The van der Waals surface area contributed by atoms with Crippen molar-refractivity contribution in [3.05, 3.63) is 90.0 Å². The van der Waals surface area contributed by atoms with Crippen LogP contribution in [0.1, 0.15) is 43.7 Å². The molecule has 0 heterocycles. The zero-order valence-electron chi connectivity index (χ0n) is 18.1. The van der Waals surface area contributed by atoms with Gasteiger partial charge in [-0.3, -0.25) is 0 Å². The average Bonchev–Trinajstić information content (AvgIpc) is 2.80. The van der Waals surface area contributed by atoms with E-state index in [1.54, 1.807) is 0 Å². The molecular formula is C27H33NO2. The Labute approximate surface area is 181 Å². The van der Waals surface area contributed by atoms with E-state index in [-0.39, 0.29) is 0 Å². The Morgan fingerprint density at radius 2 is 1.43 bits per heavy atom. The van der Waals surface area contributed by atoms with E-state index in [4.69, 9.17) is 9.47 Å². The molecule has 0 aromatic heterocycles. The van der Waals surface area contributed by atoms with Gasteiger partial charge in [-0.25, -0.2) is 0 Å². The van der Waals surface area contributed by atoms with Gasteiger partial charge in [0, 0.05) is 6.54 Å². The first kappa shape index (κ1) is 21.8. The van der Waals surface area contributed by atoms with Crippen LogP contribution < -0.4 is 14.8 Å². The van der Waals surface area contributed by atoms with Crippen LogP contribution in [0.15, 0.2) is 78.9 Å². The fourth-order valence-corrected chi connectivity index (χ4v) is 3.43. The van der Waals surface area contributed by atoms with Crippen LogP contribution >= 0.6 is 0 Å². The van der Waals surface area contributed by atoms with Crippen LogP contribution in [0.25, 0.3) is 0 Å². The summed E-state index contributed by atoms with van der Waals surface area (Å²) in [5, 5.41) is 3.45. The SMILES string of the molecule is CCC(C)c1ccccc1OCCNc1ccccc1OCCCc1ccccc1. The van der Waals surface area contributed by atoms with Gasteiger partial charge in [0.2, 0.25) is 0 Å². The normalized spacial score (nSPS) is 11.7. The van der Waals surface area contributed by atoms with E-state index in [1.165, 1.54) is 11.1 Å². The van der Waals surface area contributed by atoms with Gasteiger partial charge in [0.05, 0.1) is 12.3 Å². The van der Waals surface area contributed by atoms with Crippen molar-refractivity contribution in [2.24, 2.45) is 0 Å². The molecule has 3 heteroatoms. The first-order chi connectivity index (χ1) is 14.8. The number of para-hydroxylation sites is 3. The highest BCUT2D eigenvalue weighted by molar-refractivity contribution is 5.56. The monoisotopic (exact) mass is 403 g/mol. The van der Waals surface area contributed by atoms with Gasteiger partial charge in [0.15, 0.2) is 0 Å². The molecule has 0 saturated carbocycles. The highest BCUT2D eigenvalue weighted by atomic mass is 16.5. The summed E-state index contributed by atoms with van der Waals surface area (Å²) in [6.07, 6.45) is 3.13. The molecule has 3 aromatic carbocycles. The maximum Gasteiger partial charge on any atom is 0.142 e. The molecule has 3 aromatic rings. The molecule has 0 bridgehead atoms. The quantitative estimate of drug-likeness (QED) is 0.341. The summed E-state index contributed by atoms with van der Waals surface area (Å²) in [6.45, 7) is 6.48. The maximum atomic E-state index is 6.07. The second-order valence-electron chi connectivity index (χ2n) is 7.56. The fourth-order valence-electron chi connectivity index (χ4n) is 3.43. The van der Waals surface area contributed by atoms with Gasteiger partial charge >= 0.3 is 0 Å². The molecule has 0 fully saturated rings. The van der Waals surface area contributed by atoms with E-state index < -0.39 is 0 Å². The summed E-state index contributed by atoms with van der Waals surface area (Å²) >= 11 is 0. The minimum atomic E-state index is 0.499. The summed E-state index contributed by atoms with van der Waals surface area (Å²) in [5.41, 5.74) is 3.64. The Kier molecular flexibility index (Phi) is 8.64. The van der Waals surface area contributed by atoms with Gasteiger partial charge in [0.1, 0.15) is 18.1 Å². The first-order valence-electron chi connectivity index (χ1n) is 11.0. The summed E-state index contributed by atoms with van der Waals surface area (Å²) in [6, 6.07) is 27.0. The summed E-state index contributed by atoms with van der Waals surface area (Å²) in [7, 11) is 0. The highest BCUT2D eigenvalue weighted by Crippen LogP contribution is 2.28. The Morgan fingerprint density at radius 1 is 0.767 bits per heavy atom. The van der Waals surface area contributed by atoms with Crippen LogP contribution in [0.4, 0.5) is 5.69 Å². The van der Waals surface area contributed by atoms with E-state index in [0.717, 1.165) is 43.0 Å². The first-order valence-corrected chi connectivity index (χ1v) is 11.0. The van der Waals surface area contributed by atoms with Crippen molar-refractivity contribution >= 4 is 5.69 Å². The number of hydrogen-bond donors (Lipinski definition) is 1. The lowest BCUT2D eigenvalue weighted by Gasteiger charge is -2.17. The zero-order valence-corrected chi connectivity index (χ0v) is 18.1. The predicted molar refractivity (Wildman–Crippen MR) is 126 cm³/mol. The lowest BCUT2D eigenvalue weighted by Crippen LogP contribution is -2.13. The molecule has 1 unspecified atom stereocenters. The van der Waals surface area contributed by atoms with Crippen LogP contribution in [0.3, 0.4) is 0 Å². The van der Waals surface area contributed by atoms with Gasteiger partial charge in [-0.1, -0.05) is 74.5 Å². The van der Waals surface area contributed by atoms with Gasteiger partial charge in [-0.15, -0.1) is 0 Å². The topological polar surface area (TPSA) is 30.5 Å². The Morgan fingerprint density at radius 3 is 2.23 bits per heavy atom. The van der Waals surface area contributed by atoms with Gasteiger partial charge in [-0.05, 0) is 54.5 Å². The van der Waals surface area contributed by atoms with Crippen molar-refractivity contribution in [2.75, 3.05) is 25.1 Å². The van der Waals surface area contributed by atoms with E-state index in [2.05, 4.69) is 73.8 Å². The molecule has 0 saturated heterocycles. The third-order valence-corrected chi connectivity index (χ3v) is 5.33. The number of rotatable bonds is 12. The number of nitrogens with one attached hydrogen (secondary N) is 1. The predicted octanol–water partition coefficient (Wildman–Crippen LogP) is 6.70. The fraction of sp³-hybridized carbons (Fsp3) is 0.333. The summed E-state index contributed by atoms with van der Waals surface area (Å²) in [4.78, 5) is 0. The van der Waals surface area contributed by atoms with Crippen LogP contribution in [0.2, 0.25) is 0 Å². The average molecular weight is 404 g/mol. The molecule has 1 N–H and O–H groups in total. The van der Waals surface area contributed by atoms with Gasteiger partial charge < -0.3 is 14.8 Å². The lowest BCUT2D eigenvalue weighted by molar-refractivity contribution is 0.311. The Balaban J connectivity index is 1.45. The minimum Gasteiger partial charge on any atom is -0.491 e. The van der Waals surface area contributed by atoms with E-state index >= 15 is 0 Å². The third-order valence-electron chi connectivity index (χ3n) is 5.33. The smallest absolute Gasteiger partial charge is 0.142 e. The molecule has 3 nitrogen and oxygen atoms in total. The van der Waals surface area contributed by atoms with Gasteiger partial charge in [0.25, 0.3) is 0 Å². The summed E-state index contributed by atoms with van der Waals surface area (Å²) < 4.78 is 12.1. The number of benzene rings is 3. The molecule has 3 rings (SSSR count). The lowest BCUT2D eigenvalue weighted by atomic mass is 9.98. The molecule has 0 spiro atoms.